The number of aryl methyl sites for hydroxylation is 1. The van der Waals surface area contributed by atoms with Crippen molar-refractivity contribution in [3.63, 3.8) is 0 Å². The lowest BCUT2D eigenvalue weighted by Crippen LogP contribution is -2.29. The maximum Gasteiger partial charge on any atom is 0.138 e. The first kappa shape index (κ1) is 12.4. The fourth-order valence-electron chi connectivity index (χ4n) is 2.31. The molecule has 1 aliphatic rings. The summed E-state index contributed by atoms with van der Waals surface area (Å²) < 4.78 is 5.79. The summed E-state index contributed by atoms with van der Waals surface area (Å²) in [6, 6.07) is 6.16. The number of aliphatic hydroxyl groups excluding tert-OH is 1. The zero-order chi connectivity index (χ0) is 12.4. The Hall–Kier alpha value is -1.06. The van der Waals surface area contributed by atoms with Gasteiger partial charge in [0.1, 0.15) is 18.0 Å². The van der Waals surface area contributed by atoms with Gasteiger partial charge in [-0.1, -0.05) is 19.9 Å². The molecule has 1 aromatic carbocycles. The average Bonchev–Trinajstić information content (AvgIpc) is 2.64. The number of β-amino-alcohol motifs (C(OH)–C–C–N with tert-alkyl or cyclic N) is 1. The highest BCUT2D eigenvalue weighted by atomic mass is 16.5. The van der Waals surface area contributed by atoms with E-state index in [4.69, 9.17) is 4.74 Å². The van der Waals surface area contributed by atoms with E-state index >= 15 is 0 Å². The number of benzene rings is 1. The Morgan fingerprint density at radius 1 is 1.35 bits per heavy atom. The van der Waals surface area contributed by atoms with Crippen molar-refractivity contribution in [2.75, 3.05) is 13.1 Å². The molecule has 0 amide bonds. The van der Waals surface area contributed by atoms with Gasteiger partial charge in [-0.25, -0.2) is 0 Å². The third-order valence-electron chi connectivity index (χ3n) is 3.28. The third kappa shape index (κ3) is 2.79. The Morgan fingerprint density at radius 3 is 2.65 bits per heavy atom. The molecule has 2 rings (SSSR count). The molecule has 0 aromatic heterocycles. The van der Waals surface area contributed by atoms with Gasteiger partial charge in [-0.2, -0.15) is 0 Å². The molecule has 0 spiro atoms. The number of hydrogen-bond acceptors (Lipinski definition) is 3. The first-order valence-electron chi connectivity index (χ1n) is 6.24. The molecule has 2 N–H and O–H groups in total. The van der Waals surface area contributed by atoms with E-state index in [9.17, 15) is 5.11 Å². The molecule has 17 heavy (non-hydrogen) atoms. The first-order valence-corrected chi connectivity index (χ1v) is 6.24. The molecule has 1 saturated heterocycles. The van der Waals surface area contributed by atoms with E-state index in [1.54, 1.807) is 0 Å². The monoisotopic (exact) mass is 235 g/mol. The third-order valence-corrected chi connectivity index (χ3v) is 3.28. The minimum absolute atomic E-state index is 0.126. The highest BCUT2D eigenvalue weighted by molar-refractivity contribution is 5.36. The summed E-state index contributed by atoms with van der Waals surface area (Å²) in [6.07, 6.45) is -0.528. The van der Waals surface area contributed by atoms with Crippen LogP contribution in [0.2, 0.25) is 0 Å². The fraction of sp³-hybridized carbons (Fsp3) is 0.571. The Kier molecular flexibility index (Phi) is 3.69. The summed E-state index contributed by atoms with van der Waals surface area (Å²) in [6.45, 7) is 7.81. The number of rotatable bonds is 3. The van der Waals surface area contributed by atoms with E-state index in [2.05, 4.69) is 38.2 Å². The molecular weight excluding hydrogens is 214 g/mol. The molecule has 0 unspecified atom stereocenters. The second-order valence-electron chi connectivity index (χ2n) is 5.05. The molecule has 94 valence electrons. The van der Waals surface area contributed by atoms with Crippen molar-refractivity contribution in [1.29, 1.82) is 0 Å². The standard InChI is InChI=1S/C14H21NO2/c1-9(2)12-5-4-11(6-10(12)3)17-14-8-15-7-13(14)16/h4-6,9,13-16H,7-8H2,1-3H3/t13-,14-/m0/s1. The summed E-state index contributed by atoms with van der Waals surface area (Å²) in [4.78, 5) is 0. The number of hydrogen-bond donors (Lipinski definition) is 2. The molecule has 3 nitrogen and oxygen atoms in total. The smallest absolute Gasteiger partial charge is 0.138 e. The molecule has 1 heterocycles. The zero-order valence-electron chi connectivity index (χ0n) is 10.7. The van der Waals surface area contributed by atoms with Gasteiger partial charge in [0, 0.05) is 13.1 Å². The lowest BCUT2D eigenvalue weighted by Gasteiger charge is -2.18. The molecule has 1 aliphatic heterocycles. The molecule has 0 radical (unpaired) electrons. The van der Waals surface area contributed by atoms with Gasteiger partial charge < -0.3 is 15.2 Å². The van der Waals surface area contributed by atoms with Crippen LogP contribution in [0.3, 0.4) is 0 Å². The van der Waals surface area contributed by atoms with Crippen molar-refractivity contribution in [3.8, 4) is 5.75 Å². The van der Waals surface area contributed by atoms with Gasteiger partial charge in [-0.3, -0.25) is 0 Å². The van der Waals surface area contributed by atoms with E-state index in [1.807, 2.05) is 6.07 Å². The molecule has 2 atom stereocenters. The van der Waals surface area contributed by atoms with Crippen LogP contribution < -0.4 is 10.1 Å². The Bertz CT molecular complexity index is 390. The summed E-state index contributed by atoms with van der Waals surface area (Å²) in [5, 5.41) is 12.8. The fourth-order valence-corrected chi connectivity index (χ4v) is 2.31. The van der Waals surface area contributed by atoms with Crippen molar-refractivity contribution in [3.05, 3.63) is 29.3 Å². The van der Waals surface area contributed by atoms with Gasteiger partial charge in [-0.05, 0) is 36.1 Å². The minimum Gasteiger partial charge on any atom is -0.486 e. The van der Waals surface area contributed by atoms with Gasteiger partial charge in [-0.15, -0.1) is 0 Å². The van der Waals surface area contributed by atoms with Gasteiger partial charge in [0.05, 0.1) is 0 Å². The predicted octanol–water partition coefficient (Wildman–Crippen LogP) is 1.83. The van der Waals surface area contributed by atoms with Gasteiger partial charge >= 0.3 is 0 Å². The highest BCUT2D eigenvalue weighted by Crippen LogP contribution is 2.24. The van der Waals surface area contributed by atoms with Crippen LogP contribution in [0.5, 0.6) is 5.75 Å². The van der Waals surface area contributed by atoms with Crippen molar-refractivity contribution >= 4 is 0 Å². The largest absolute Gasteiger partial charge is 0.486 e. The number of ether oxygens (including phenoxy) is 1. The van der Waals surface area contributed by atoms with Crippen LogP contribution in [0.15, 0.2) is 18.2 Å². The molecule has 1 fully saturated rings. The maximum absolute atomic E-state index is 9.67. The topological polar surface area (TPSA) is 41.5 Å². The van der Waals surface area contributed by atoms with E-state index < -0.39 is 6.10 Å². The van der Waals surface area contributed by atoms with Crippen LogP contribution in [-0.4, -0.2) is 30.4 Å². The SMILES string of the molecule is Cc1cc(O[C@H]2CNC[C@@H]2O)ccc1C(C)C. The van der Waals surface area contributed by atoms with Crippen molar-refractivity contribution in [1.82, 2.24) is 5.32 Å². The van der Waals surface area contributed by atoms with Crippen LogP contribution in [-0.2, 0) is 0 Å². The van der Waals surface area contributed by atoms with Crippen LogP contribution in [0.1, 0.15) is 30.9 Å². The summed E-state index contributed by atoms with van der Waals surface area (Å²) in [5.74, 6) is 1.38. The molecule has 0 aliphatic carbocycles. The van der Waals surface area contributed by atoms with Crippen LogP contribution in [0.4, 0.5) is 0 Å². The molecule has 0 saturated carbocycles. The Morgan fingerprint density at radius 2 is 2.12 bits per heavy atom. The second-order valence-corrected chi connectivity index (χ2v) is 5.05. The first-order chi connectivity index (χ1) is 8.08. The van der Waals surface area contributed by atoms with E-state index in [-0.39, 0.29) is 6.10 Å². The second kappa shape index (κ2) is 5.07. The number of nitrogens with one attached hydrogen (secondary N) is 1. The van der Waals surface area contributed by atoms with Gasteiger partial charge in [0.25, 0.3) is 0 Å². The average molecular weight is 235 g/mol. The van der Waals surface area contributed by atoms with Crippen molar-refractivity contribution in [2.45, 2.75) is 38.9 Å². The molecular formula is C14H21NO2. The van der Waals surface area contributed by atoms with Crippen LogP contribution in [0.25, 0.3) is 0 Å². The van der Waals surface area contributed by atoms with E-state index in [0.717, 1.165) is 5.75 Å². The predicted molar refractivity (Wildman–Crippen MR) is 68.6 cm³/mol. The Labute approximate surface area is 103 Å². The van der Waals surface area contributed by atoms with Crippen molar-refractivity contribution < 1.29 is 9.84 Å². The molecule has 0 bridgehead atoms. The highest BCUT2D eigenvalue weighted by Gasteiger charge is 2.26. The van der Waals surface area contributed by atoms with Crippen molar-refractivity contribution in [2.24, 2.45) is 0 Å². The van der Waals surface area contributed by atoms with Crippen LogP contribution in [0, 0.1) is 6.92 Å². The quantitative estimate of drug-likeness (QED) is 0.840. The summed E-state index contributed by atoms with van der Waals surface area (Å²) in [7, 11) is 0. The Balaban J connectivity index is 2.09. The maximum atomic E-state index is 9.67. The zero-order valence-corrected chi connectivity index (χ0v) is 10.7. The van der Waals surface area contributed by atoms with Gasteiger partial charge in [0.2, 0.25) is 0 Å². The van der Waals surface area contributed by atoms with E-state index in [0.29, 0.717) is 19.0 Å². The molecule has 1 aromatic rings. The number of aliphatic hydroxyl groups is 1. The lowest BCUT2D eigenvalue weighted by atomic mass is 9.98. The summed E-state index contributed by atoms with van der Waals surface area (Å²) in [5.41, 5.74) is 2.60. The normalized spacial score (nSPS) is 24.3. The van der Waals surface area contributed by atoms with E-state index in [1.165, 1.54) is 11.1 Å². The minimum atomic E-state index is -0.403. The lowest BCUT2D eigenvalue weighted by molar-refractivity contribution is 0.0737. The van der Waals surface area contributed by atoms with Gasteiger partial charge in [0.15, 0.2) is 0 Å². The molecule has 3 heteroatoms. The van der Waals surface area contributed by atoms with Crippen LogP contribution >= 0.6 is 0 Å². The summed E-state index contributed by atoms with van der Waals surface area (Å²) >= 11 is 0.